The third-order valence-corrected chi connectivity index (χ3v) is 3.32. The molecule has 0 bridgehead atoms. The topological polar surface area (TPSA) is 29.3 Å². The van der Waals surface area contributed by atoms with Crippen LogP contribution in [0.2, 0.25) is 0 Å². The van der Waals surface area contributed by atoms with E-state index in [4.69, 9.17) is 5.73 Å². The minimum absolute atomic E-state index is 0.856. The molecule has 0 aromatic heterocycles. The zero-order valence-electron chi connectivity index (χ0n) is 9.98. The molecule has 0 unspecified atom stereocenters. The van der Waals surface area contributed by atoms with Crippen LogP contribution in [-0.2, 0) is 13.1 Å². The van der Waals surface area contributed by atoms with Gasteiger partial charge in [0.05, 0.1) is 0 Å². The van der Waals surface area contributed by atoms with Crippen LogP contribution in [0.4, 0.5) is 11.4 Å². The first-order valence-corrected chi connectivity index (χ1v) is 5.91. The van der Waals surface area contributed by atoms with Crippen LogP contribution in [-0.4, -0.2) is 0 Å². The molecule has 0 radical (unpaired) electrons. The van der Waals surface area contributed by atoms with E-state index in [2.05, 4.69) is 48.2 Å². The summed E-state index contributed by atoms with van der Waals surface area (Å²) in [6.45, 7) is 4.08. The van der Waals surface area contributed by atoms with Crippen molar-refractivity contribution in [2.45, 2.75) is 20.0 Å². The summed E-state index contributed by atoms with van der Waals surface area (Å²) in [6.07, 6.45) is 0. The highest BCUT2D eigenvalue weighted by molar-refractivity contribution is 5.55. The third kappa shape index (κ3) is 1.86. The molecule has 0 amide bonds. The summed E-state index contributed by atoms with van der Waals surface area (Å²) < 4.78 is 0. The lowest BCUT2D eigenvalue weighted by Crippen LogP contribution is -2.14. The van der Waals surface area contributed by atoms with Crippen LogP contribution in [0.5, 0.6) is 0 Å². The number of nitrogens with zero attached hydrogens (tertiary/aromatic N) is 1. The van der Waals surface area contributed by atoms with Gasteiger partial charge in [-0.3, -0.25) is 0 Å². The Hall–Kier alpha value is -1.96. The van der Waals surface area contributed by atoms with Gasteiger partial charge in [0.1, 0.15) is 0 Å². The Labute approximate surface area is 102 Å². The molecule has 86 valence electrons. The highest BCUT2D eigenvalue weighted by Gasteiger charge is 2.18. The van der Waals surface area contributed by atoms with E-state index in [1.54, 1.807) is 0 Å². The molecule has 0 saturated carbocycles. The third-order valence-electron chi connectivity index (χ3n) is 3.32. The van der Waals surface area contributed by atoms with E-state index >= 15 is 0 Å². The number of benzene rings is 2. The van der Waals surface area contributed by atoms with Crippen LogP contribution in [0.3, 0.4) is 0 Å². The standard InChI is InChI=1S/C15H16N2/c1-11-3-2-4-15(7-11)17-9-12-5-6-14(16)8-13(12)10-17/h2-8H,9-10,16H2,1H3. The van der Waals surface area contributed by atoms with Crippen molar-refractivity contribution in [3.05, 3.63) is 59.2 Å². The molecule has 1 aliphatic rings. The maximum absolute atomic E-state index is 5.82. The second-order valence-corrected chi connectivity index (χ2v) is 4.72. The molecule has 1 aliphatic heterocycles. The van der Waals surface area contributed by atoms with Gasteiger partial charge in [-0.2, -0.15) is 0 Å². The first-order valence-electron chi connectivity index (χ1n) is 5.91. The molecular weight excluding hydrogens is 208 g/mol. The van der Waals surface area contributed by atoms with Crippen LogP contribution in [0, 0.1) is 6.92 Å². The summed E-state index contributed by atoms with van der Waals surface area (Å²) in [5, 5.41) is 0. The lowest BCUT2D eigenvalue weighted by atomic mass is 10.1. The molecule has 0 atom stereocenters. The number of nitrogens with two attached hydrogens (primary N) is 1. The molecule has 0 aliphatic carbocycles. The van der Waals surface area contributed by atoms with Crippen LogP contribution < -0.4 is 10.6 Å². The predicted molar refractivity (Wildman–Crippen MR) is 71.9 cm³/mol. The van der Waals surface area contributed by atoms with E-state index in [-0.39, 0.29) is 0 Å². The summed E-state index contributed by atoms with van der Waals surface area (Å²) in [5.41, 5.74) is 12.0. The van der Waals surface area contributed by atoms with Crippen molar-refractivity contribution in [2.75, 3.05) is 10.6 Å². The number of nitrogen functional groups attached to an aromatic ring is 1. The maximum atomic E-state index is 5.82. The Kier molecular flexibility index (Phi) is 2.29. The predicted octanol–water partition coefficient (Wildman–Crippen LogP) is 3.10. The summed E-state index contributed by atoms with van der Waals surface area (Å²) in [4.78, 5) is 2.39. The minimum Gasteiger partial charge on any atom is -0.399 e. The Bertz CT molecular complexity index is 561. The van der Waals surface area contributed by atoms with Crippen LogP contribution in [0.15, 0.2) is 42.5 Å². The fraction of sp³-hybridized carbons (Fsp3) is 0.200. The summed E-state index contributed by atoms with van der Waals surface area (Å²) in [7, 11) is 0. The number of hydrogen-bond acceptors (Lipinski definition) is 2. The molecule has 0 saturated heterocycles. The molecule has 2 nitrogen and oxygen atoms in total. The lowest BCUT2D eigenvalue weighted by Gasteiger charge is -2.18. The van der Waals surface area contributed by atoms with Gasteiger partial charge < -0.3 is 10.6 Å². The molecule has 0 fully saturated rings. The average molecular weight is 224 g/mol. The van der Waals surface area contributed by atoms with Crippen molar-refractivity contribution in [3.63, 3.8) is 0 Å². The van der Waals surface area contributed by atoms with Crippen molar-refractivity contribution >= 4 is 11.4 Å². The molecule has 3 rings (SSSR count). The van der Waals surface area contributed by atoms with Crippen molar-refractivity contribution in [2.24, 2.45) is 0 Å². The Balaban J connectivity index is 1.91. The van der Waals surface area contributed by atoms with Gasteiger partial charge in [-0.1, -0.05) is 18.2 Å². The van der Waals surface area contributed by atoms with Gasteiger partial charge >= 0.3 is 0 Å². The fourth-order valence-corrected chi connectivity index (χ4v) is 2.42. The van der Waals surface area contributed by atoms with Gasteiger partial charge in [0.25, 0.3) is 0 Å². The van der Waals surface area contributed by atoms with Crippen molar-refractivity contribution in [3.8, 4) is 0 Å². The molecule has 1 heterocycles. The number of rotatable bonds is 1. The Morgan fingerprint density at radius 3 is 2.65 bits per heavy atom. The summed E-state index contributed by atoms with van der Waals surface area (Å²) >= 11 is 0. The zero-order chi connectivity index (χ0) is 11.8. The number of aryl methyl sites for hydroxylation is 1. The first-order chi connectivity index (χ1) is 8.22. The van der Waals surface area contributed by atoms with Crippen LogP contribution in [0.1, 0.15) is 16.7 Å². The number of hydrogen-bond donors (Lipinski definition) is 1. The second kappa shape index (κ2) is 3.81. The van der Waals surface area contributed by atoms with Gasteiger partial charge in [0.15, 0.2) is 0 Å². The van der Waals surface area contributed by atoms with Gasteiger partial charge in [0, 0.05) is 24.5 Å². The molecule has 2 heteroatoms. The van der Waals surface area contributed by atoms with Crippen molar-refractivity contribution in [1.29, 1.82) is 0 Å². The normalized spacial score (nSPS) is 13.8. The Morgan fingerprint density at radius 2 is 1.82 bits per heavy atom. The average Bonchev–Trinajstić information content (AvgIpc) is 2.72. The lowest BCUT2D eigenvalue weighted by molar-refractivity contribution is 0.880. The van der Waals surface area contributed by atoms with Crippen molar-refractivity contribution < 1.29 is 0 Å². The molecule has 2 aromatic rings. The first kappa shape index (κ1) is 10.2. The smallest absolute Gasteiger partial charge is 0.0437 e. The number of anilines is 2. The maximum Gasteiger partial charge on any atom is 0.0437 e. The van der Waals surface area contributed by atoms with E-state index in [1.807, 2.05) is 6.07 Å². The van der Waals surface area contributed by atoms with Crippen molar-refractivity contribution in [1.82, 2.24) is 0 Å². The molecule has 17 heavy (non-hydrogen) atoms. The highest BCUT2D eigenvalue weighted by atomic mass is 15.1. The quantitative estimate of drug-likeness (QED) is 0.754. The van der Waals surface area contributed by atoms with E-state index in [9.17, 15) is 0 Å². The summed E-state index contributed by atoms with van der Waals surface area (Å²) in [6, 6.07) is 14.9. The van der Waals surface area contributed by atoms with E-state index in [1.165, 1.54) is 22.4 Å². The summed E-state index contributed by atoms with van der Waals surface area (Å²) in [5.74, 6) is 0. The largest absolute Gasteiger partial charge is 0.399 e. The number of fused-ring (bicyclic) bond motifs is 1. The Morgan fingerprint density at radius 1 is 1.00 bits per heavy atom. The van der Waals surface area contributed by atoms with E-state index in [0.717, 1.165) is 18.8 Å². The molecule has 2 N–H and O–H groups in total. The SMILES string of the molecule is Cc1cccc(N2Cc3ccc(N)cc3C2)c1. The van der Waals surface area contributed by atoms with Crippen LogP contribution in [0.25, 0.3) is 0 Å². The van der Waals surface area contributed by atoms with Gasteiger partial charge in [-0.05, 0) is 47.9 Å². The zero-order valence-corrected chi connectivity index (χ0v) is 9.98. The second-order valence-electron chi connectivity index (χ2n) is 4.72. The molecule has 2 aromatic carbocycles. The van der Waals surface area contributed by atoms with Crippen LogP contribution >= 0.6 is 0 Å². The van der Waals surface area contributed by atoms with E-state index in [0.29, 0.717) is 0 Å². The monoisotopic (exact) mass is 224 g/mol. The van der Waals surface area contributed by atoms with Gasteiger partial charge in [-0.15, -0.1) is 0 Å². The fourth-order valence-electron chi connectivity index (χ4n) is 2.42. The van der Waals surface area contributed by atoms with Gasteiger partial charge in [0.2, 0.25) is 0 Å². The molecule has 0 spiro atoms. The highest BCUT2D eigenvalue weighted by Crippen LogP contribution is 2.29. The van der Waals surface area contributed by atoms with Gasteiger partial charge in [-0.25, -0.2) is 0 Å². The minimum atomic E-state index is 0.856. The molecular formula is C15H16N2. The van der Waals surface area contributed by atoms with E-state index < -0.39 is 0 Å².